The van der Waals surface area contributed by atoms with E-state index in [-0.39, 0.29) is 16.4 Å². The number of rotatable bonds is 6. The number of carbonyl (C=O) groups is 1. The minimum atomic E-state index is -0.448. The quantitative estimate of drug-likeness (QED) is 0.518. The average molecular weight is 417 g/mol. The van der Waals surface area contributed by atoms with Gasteiger partial charge in [0.1, 0.15) is 12.0 Å². The van der Waals surface area contributed by atoms with E-state index in [0.29, 0.717) is 23.1 Å². The first kappa shape index (κ1) is 19.7. The Balaban J connectivity index is 1.80. The summed E-state index contributed by atoms with van der Waals surface area (Å²) in [6.45, 7) is 2.64. The van der Waals surface area contributed by atoms with E-state index in [0.717, 1.165) is 5.69 Å². The predicted octanol–water partition coefficient (Wildman–Crippen LogP) is 4.28. The van der Waals surface area contributed by atoms with Crippen molar-refractivity contribution in [1.29, 1.82) is 0 Å². The second-order valence-corrected chi connectivity index (χ2v) is 6.59. The summed E-state index contributed by atoms with van der Waals surface area (Å²) in [6.07, 6.45) is 1.38. The highest BCUT2D eigenvalue weighted by molar-refractivity contribution is 6.36. The molecule has 3 rings (SSSR count). The SMILES string of the molecule is CCN(c1ccccc1)c1ncnc(NNC(=O)c2ccc(Cl)cc2Cl)c1N. The molecule has 28 heavy (non-hydrogen) atoms. The van der Waals surface area contributed by atoms with Crippen molar-refractivity contribution in [2.24, 2.45) is 0 Å². The number of benzene rings is 2. The zero-order valence-electron chi connectivity index (χ0n) is 15.0. The molecule has 1 amide bonds. The maximum Gasteiger partial charge on any atom is 0.271 e. The van der Waals surface area contributed by atoms with Gasteiger partial charge in [-0.2, -0.15) is 0 Å². The minimum absolute atomic E-state index is 0.240. The molecule has 9 heteroatoms. The zero-order valence-corrected chi connectivity index (χ0v) is 16.5. The lowest BCUT2D eigenvalue weighted by molar-refractivity contribution is 0.0962. The topological polar surface area (TPSA) is 96.2 Å². The molecule has 1 heterocycles. The first-order valence-corrected chi connectivity index (χ1v) is 9.21. The number of amides is 1. The molecule has 2 aromatic carbocycles. The van der Waals surface area contributed by atoms with Crippen molar-refractivity contribution in [1.82, 2.24) is 15.4 Å². The number of aromatic nitrogens is 2. The lowest BCUT2D eigenvalue weighted by Crippen LogP contribution is -2.31. The number of halogens is 2. The van der Waals surface area contributed by atoms with Crippen molar-refractivity contribution >= 4 is 52.1 Å². The average Bonchev–Trinajstić information content (AvgIpc) is 2.69. The van der Waals surface area contributed by atoms with Gasteiger partial charge in [-0.3, -0.25) is 15.6 Å². The van der Waals surface area contributed by atoms with E-state index in [9.17, 15) is 4.79 Å². The largest absolute Gasteiger partial charge is 0.393 e. The molecule has 0 fully saturated rings. The van der Waals surface area contributed by atoms with Gasteiger partial charge in [-0.05, 0) is 37.3 Å². The van der Waals surface area contributed by atoms with Crippen LogP contribution in [0.5, 0.6) is 0 Å². The summed E-state index contributed by atoms with van der Waals surface area (Å²) in [5.41, 5.74) is 13.0. The third-order valence-electron chi connectivity index (χ3n) is 3.97. The fourth-order valence-electron chi connectivity index (χ4n) is 2.62. The smallest absolute Gasteiger partial charge is 0.271 e. The maximum absolute atomic E-state index is 12.4. The normalized spacial score (nSPS) is 10.4. The molecule has 0 atom stereocenters. The van der Waals surface area contributed by atoms with Crippen LogP contribution in [-0.2, 0) is 0 Å². The molecule has 3 aromatic rings. The van der Waals surface area contributed by atoms with Gasteiger partial charge in [0.15, 0.2) is 11.6 Å². The van der Waals surface area contributed by atoms with Gasteiger partial charge in [0, 0.05) is 17.3 Å². The number of hydrogen-bond donors (Lipinski definition) is 3. The molecule has 0 aliphatic rings. The zero-order chi connectivity index (χ0) is 20.1. The molecule has 0 radical (unpaired) electrons. The predicted molar refractivity (Wildman–Crippen MR) is 113 cm³/mol. The number of nitrogens with zero attached hydrogens (tertiary/aromatic N) is 3. The summed E-state index contributed by atoms with van der Waals surface area (Å²) in [7, 11) is 0. The monoisotopic (exact) mass is 416 g/mol. The third kappa shape index (κ3) is 4.27. The Labute approximate surface area is 172 Å². The van der Waals surface area contributed by atoms with Gasteiger partial charge in [-0.1, -0.05) is 41.4 Å². The molecule has 7 nitrogen and oxygen atoms in total. The van der Waals surface area contributed by atoms with Crippen LogP contribution >= 0.6 is 23.2 Å². The van der Waals surface area contributed by atoms with Crippen LogP contribution in [0.4, 0.5) is 23.0 Å². The van der Waals surface area contributed by atoms with Crippen molar-refractivity contribution in [3.8, 4) is 0 Å². The summed E-state index contributed by atoms with van der Waals surface area (Å²) in [4.78, 5) is 22.7. The van der Waals surface area contributed by atoms with E-state index in [2.05, 4.69) is 20.8 Å². The molecule has 144 valence electrons. The van der Waals surface area contributed by atoms with Crippen LogP contribution in [0.3, 0.4) is 0 Å². The summed E-state index contributed by atoms with van der Waals surface area (Å²) in [5.74, 6) is 0.361. The molecule has 0 aliphatic carbocycles. The highest BCUT2D eigenvalue weighted by atomic mass is 35.5. The summed E-state index contributed by atoms with van der Waals surface area (Å²) in [5, 5.41) is 0.684. The van der Waals surface area contributed by atoms with Crippen LogP contribution < -0.4 is 21.5 Å². The molecule has 1 aromatic heterocycles. The number of hydrogen-bond acceptors (Lipinski definition) is 6. The highest BCUT2D eigenvalue weighted by Crippen LogP contribution is 2.31. The van der Waals surface area contributed by atoms with Crippen molar-refractivity contribution in [3.05, 3.63) is 70.5 Å². The third-order valence-corrected chi connectivity index (χ3v) is 4.52. The molecule has 4 N–H and O–H groups in total. The fourth-order valence-corrected chi connectivity index (χ4v) is 3.11. The van der Waals surface area contributed by atoms with Crippen LogP contribution in [0.2, 0.25) is 10.0 Å². The second-order valence-electron chi connectivity index (χ2n) is 5.74. The Morgan fingerprint density at radius 3 is 2.57 bits per heavy atom. The Morgan fingerprint density at radius 2 is 1.89 bits per heavy atom. The molecular formula is C19H18Cl2N6O. The highest BCUT2D eigenvalue weighted by Gasteiger charge is 2.17. The van der Waals surface area contributed by atoms with Gasteiger partial charge in [-0.25, -0.2) is 9.97 Å². The minimum Gasteiger partial charge on any atom is -0.393 e. The van der Waals surface area contributed by atoms with E-state index in [1.807, 2.05) is 42.2 Å². The molecule has 0 saturated carbocycles. The maximum atomic E-state index is 12.4. The van der Waals surface area contributed by atoms with Crippen molar-refractivity contribution < 1.29 is 4.79 Å². The van der Waals surface area contributed by atoms with Crippen molar-refractivity contribution in [2.75, 3.05) is 22.6 Å². The van der Waals surface area contributed by atoms with E-state index < -0.39 is 5.91 Å². The van der Waals surface area contributed by atoms with Gasteiger partial charge in [-0.15, -0.1) is 0 Å². The van der Waals surface area contributed by atoms with E-state index >= 15 is 0 Å². The number of para-hydroxylation sites is 1. The first-order valence-electron chi connectivity index (χ1n) is 8.45. The van der Waals surface area contributed by atoms with Gasteiger partial charge < -0.3 is 10.6 Å². The van der Waals surface area contributed by atoms with Gasteiger partial charge in [0.25, 0.3) is 5.91 Å². The Bertz CT molecular complexity index is 983. The van der Waals surface area contributed by atoms with Crippen LogP contribution in [0.25, 0.3) is 0 Å². The number of nitrogens with two attached hydrogens (primary N) is 1. The lowest BCUT2D eigenvalue weighted by Gasteiger charge is -2.24. The summed E-state index contributed by atoms with van der Waals surface area (Å²) in [6, 6.07) is 14.3. The molecule has 0 unspecified atom stereocenters. The van der Waals surface area contributed by atoms with Gasteiger partial charge in [0.2, 0.25) is 0 Å². The Kier molecular flexibility index (Phi) is 6.18. The molecule has 0 aliphatic heterocycles. The number of anilines is 4. The Morgan fingerprint density at radius 1 is 1.14 bits per heavy atom. The molecular weight excluding hydrogens is 399 g/mol. The summed E-state index contributed by atoms with van der Waals surface area (Å²) >= 11 is 11.9. The van der Waals surface area contributed by atoms with Crippen LogP contribution in [0.1, 0.15) is 17.3 Å². The molecule has 0 bridgehead atoms. The number of hydrazine groups is 1. The first-order chi connectivity index (χ1) is 13.5. The standard InChI is InChI=1S/C19H18Cl2N6O/c1-2-27(13-6-4-3-5-7-13)18-16(22)17(23-11-24-18)25-26-19(28)14-9-8-12(20)10-15(14)21/h3-11H,2,22H2,1H3,(H,26,28)(H,23,24,25). The second kappa shape index (κ2) is 8.77. The number of carbonyl (C=O) groups excluding carboxylic acids is 1. The van der Waals surface area contributed by atoms with Crippen molar-refractivity contribution in [3.63, 3.8) is 0 Å². The Hall–Kier alpha value is -3.03. The van der Waals surface area contributed by atoms with Crippen LogP contribution in [0, 0.1) is 0 Å². The molecule has 0 spiro atoms. The van der Waals surface area contributed by atoms with Crippen LogP contribution in [0.15, 0.2) is 54.9 Å². The van der Waals surface area contributed by atoms with Gasteiger partial charge >= 0.3 is 0 Å². The van der Waals surface area contributed by atoms with E-state index in [1.54, 1.807) is 6.07 Å². The number of nitrogens with one attached hydrogen (secondary N) is 2. The van der Waals surface area contributed by atoms with Gasteiger partial charge in [0.05, 0.1) is 10.6 Å². The van der Waals surface area contributed by atoms with E-state index in [1.165, 1.54) is 18.5 Å². The molecule has 0 saturated heterocycles. The van der Waals surface area contributed by atoms with Crippen molar-refractivity contribution in [2.45, 2.75) is 6.92 Å². The van der Waals surface area contributed by atoms with E-state index in [4.69, 9.17) is 28.9 Å². The van der Waals surface area contributed by atoms with Crippen LogP contribution in [-0.4, -0.2) is 22.4 Å². The fraction of sp³-hybridized carbons (Fsp3) is 0.105. The summed E-state index contributed by atoms with van der Waals surface area (Å²) < 4.78 is 0. The number of nitrogen functional groups attached to an aromatic ring is 1. The lowest BCUT2D eigenvalue weighted by atomic mass is 10.2.